The van der Waals surface area contributed by atoms with Gasteiger partial charge in [0.15, 0.2) is 0 Å². The summed E-state index contributed by atoms with van der Waals surface area (Å²) in [6.45, 7) is 4.00. The van der Waals surface area contributed by atoms with Gasteiger partial charge in [-0.05, 0) is 12.1 Å². The van der Waals surface area contributed by atoms with E-state index in [0.717, 1.165) is 10.9 Å². The number of hydrogen-bond acceptors (Lipinski definition) is 4. The van der Waals surface area contributed by atoms with Crippen LogP contribution < -0.4 is 10.2 Å². The Hall–Kier alpha value is -1.59. The van der Waals surface area contributed by atoms with Gasteiger partial charge in [0.2, 0.25) is 5.88 Å². The van der Waals surface area contributed by atoms with E-state index in [0.29, 0.717) is 0 Å². The van der Waals surface area contributed by atoms with Crippen molar-refractivity contribution in [2.45, 2.75) is 13.8 Å². The molecular formula is C12H16BNO3. The van der Waals surface area contributed by atoms with E-state index < -0.39 is 7.12 Å². The van der Waals surface area contributed by atoms with E-state index >= 15 is 0 Å². The molecular weight excluding hydrogens is 217 g/mol. The smallest absolute Gasteiger partial charge is 0.481 e. The predicted molar refractivity (Wildman–Crippen MR) is 69.5 cm³/mol. The number of nitrogens with zero attached hydrogens (tertiary/aromatic N) is 1. The fourth-order valence-electron chi connectivity index (χ4n) is 1.46. The maximum Gasteiger partial charge on any atom is 0.494 e. The van der Waals surface area contributed by atoms with Crippen LogP contribution in [0.25, 0.3) is 10.9 Å². The molecule has 0 atom stereocenters. The van der Waals surface area contributed by atoms with Crippen molar-refractivity contribution >= 4 is 23.5 Å². The lowest BCUT2D eigenvalue weighted by Crippen LogP contribution is -2.31. The Balaban J connectivity index is 0.000000686. The van der Waals surface area contributed by atoms with Crippen LogP contribution in [0, 0.1) is 0 Å². The summed E-state index contributed by atoms with van der Waals surface area (Å²) in [4.78, 5) is 4.17. The lowest BCUT2D eigenvalue weighted by molar-refractivity contribution is 0.392. The molecule has 4 nitrogen and oxygen atoms in total. The quantitative estimate of drug-likeness (QED) is 0.758. The molecule has 0 aliphatic heterocycles. The number of benzene rings is 1. The summed E-state index contributed by atoms with van der Waals surface area (Å²) < 4.78 is 4.98. The Morgan fingerprint density at radius 1 is 1.18 bits per heavy atom. The van der Waals surface area contributed by atoms with Gasteiger partial charge in [-0.15, -0.1) is 0 Å². The van der Waals surface area contributed by atoms with Crippen molar-refractivity contribution in [3.63, 3.8) is 0 Å². The van der Waals surface area contributed by atoms with E-state index in [2.05, 4.69) is 4.98 Å². The molecule has 2 N–H and O–H groups in total. The molecule has 1 heterocycles. The molecule has 0 unspecified atom stereocenters. The Kier molecular flexibility index (Phi) is 4.94. The van der Waals surface area contributed by atoms with E-state index in [1.54, 1.807) is 6.07 Å². The monoisotopic (exact) mass is 233 g/mol. The number of aromatic nitrogens is 1. The third-order valence-electron chi connectivity index (χ3n) is 2.19. The Labute approximate surface area is 101 Å². The normalized spacial score (nSPS) is 9.47. The fourth-order valence-corrected chi connectivity index (χ4v) is 1.46. The van der Waals surface area contributed by atoms with Crippen molar-refractivity contribution in [2.24, 2.45) is 0 Å². The third-order valence-corrected chi connectivity index (χ3v) is 2.19. The SMILES string of the molecule is CC.COc1nc2ccccc2cc1B(O)O. The first-order valence-corrected chi connectivity index (χ1v) is 5.52. The van der Waals surface area contributed by atoms with Crippen molar-refractivity contribution in [1.29, 1.82) is 0 Å². The van der Waals surface area contributed by atoms with Crippen LogP contribution in [0.15, 0.2) is 30.3 Å². The van der Waals surface area contributed by atoms with Gasteiger partial charge in [-0.3, -0.25) is 0 Å². The van der Waals surface area contributed by atoms with Crippen LogP contribution in [0.3, 0.4) is 0 Å². The average molecular weight is 233 g/mol. The van der Waals surface area contributed by atoms with Crippen LogP contribution in [-0.2, 0) is 0 Å². The number of hydrogen-bond donors (Lipinski definition) is 2. The van der Waals surface area contributed by atoms with E-state index in [4.69, 9.17) is 14.8 Å². The molecule has 0 fully saturated rings. The molecule has 17 heavy (non-hydrogen) atoms. The van der Waals surface area contributed by atoms with Crippen molar-refractivity contribution in [3.8, 4) is 5.88 Å². The second kappa shape index (κ2) is 6.22. The zero-order valence-corrected chi connectivity index (χ0v) is 10.2. The molecule has 1 aromatic carbocycles. The summed E-state index contributed by atoms with van der Waals surface area (Å²) in [5.74, 6) is 0.240. The first-order valence-electron chi connectivity index (χ1n) is 5.52. The van der Waals surface area contributed by atoms with Crippen molar-refractivity contribution in [3.05, 3.63) is 30.3 Å². The highest BCUT2D eigenvalue weighted by atomic mass is 16.5. The highest BCUT2D eigenvalue weighted by Crippen LogP contribution is 2.14. The Morgan fingerprint density at radius 2 is 1.82 bits per heavy atom. The molecule has 0 aliphatic carbocycles. The maximum absolute atomic E-state index is 9.13. The Bertz CT molecular complexity index is 488. The minimum Gasteiger partial charge on any atom is -0.481 e. The van der Waals surface area contributed by atoms with Gasteiger partial charge in [0.1, 0.15) is 0 Å². The minimum atomic E-state index is -1.57. The molecule has 0 bridgehead atoms. The third kappa shape index (κ3) is 2.96. The molecule has 0 saturated heterocycles. The highest BCUT2D eigenvalue weighted by molar-refractivity contribution is 6.59. The van der Waals surface area contributed by atoms with E-state index in [1.165, 1.54) is 7.11 Å². The van der Waals surface area contributed by atoms with Crippen LogP contribution in [0.1, 0.15) is 13.8 Å². The molecule has 0 aliphatic rings. The molecule has 1 aromatic heterocycles. The molecule has 5 heteroatoms. The van der Waals surface area contributed by atoms with Gasteiger partial charge in [-0.1, -0.05) is 32.0 Å². The number of methoxy groups -OCH3 is 1. The van der Waals surface area contributed by atoms with Crippen molar-refractivity contribution in [1.82, 2.24) is 4.98 Å². The van der Waals surface area contributed by atoms with Crippen molar-refractivity contribution < 1.29 is 14.8 Å². The molecule has 90 valence electrons. The predicted octanol–water partition coefficient (Wildman–Crippen LogP) is 0.949. The van der Waals surface area contributed by atoms with E-state index in [-0.39, 0.29) is 11.3 Å². The number of para-hydroxylation sites is 1. The van der Waals surface area contributed by atoms with Crippen LogP contribution in [0.4, 0.5) is 0 Å². The lowest BCUT2D eigenvalue weighted by atomic mass is 9.80. The summed E-state index contributed by atoms with van der Waals surface area (Å²) in [5, 5.41) is 19.1. The minimum absolute atomic E-state index is 0.240. The molecule has 0 radical (unpaired) electrons. The van der Waals surface area contributed by atoms with Gasteiger partial charge < -0.3 is 14.8 Å². The summed E-state index contributed by atoms with van der Waals surface area (Å²) >= 11 is 0. The maximum atomic E-state index is 9.13. The standard InChI is InChI=1S/C10H10BNO3.C2H6/c1-15-10-8(11(13)14)6-7-4-2-3-5-9(7)12-10;1-2/h2-6,13-14H,1H3;1-2H3. The molecule has 0 amide bonds. The van der Waals surface area contributed by atoms with Crippen molar-refractivity contribution in [2.75, 3.05) is 7.11 Å². The Morgan fingerprint density at radius 3 is 2.41 bits per heavy atom. The number of ether oxygens (including phenoxy) is 1. The second-order valence-corrected chi connectivity index (χ2v) is 3.15. The van der Waals surface area contributed by atoms with Gasteiger partial charge in [0.05, 0.1) is 12.6 Å². The molecule has 2 rings (SSSR count). The van der Waals surface area contributed by atoms with Crippen LogP contribution in [0.2, 0.25) is 0 Å². The van der Waals surface area contributed by atoms with Gasteiger partial charge in [0, 0.05) is 10.8 Å². The zero-order chi connectivity index (χ0) is 12.8. The van der Waals surface area contributed by atoms with Gasteiger partial charge in [-0.25, -0.2) is 4.98 Å². The van der Waals surface area contributed by atoms with Gasteiger partial charge in [0.25, 0.3) is 0 Å². The summed E-state index contributed by atoms with van der Waals surface area (Å²) in [6, 6.07) is 9.08. The van der Waals surface area contributed by atoms with Crippen LogP contribution in [-0.4, -0.2) is 29.3 Å². The van der Waals surface area contributed by atoms with Gasteiger partial charge in [-0.2, -0.15) is 0 Å². The number of rotatable bonds is 2. The van der Waals surface area contributed by atoms with E-state index in [9.17, 15) is 0 Å². The van der Waals surface area contributed by atoms with Crippen LogP contribution >= 0.6 is 0 Å². The average Bonchev–Trinajstić information content (AvgIpc) is 2.39. The zero-order valence-electron chi connectivity index (χ0n) is 10.2. The second-order valence-electron chi connectivity index (χ2n) is 3.15. The van der Waals surface area contributed by atoms with E-state index in [1.807, 2.05) is 38.1 Å². The first-order chi connectivity index (χ1) is 8.22. The van der Waals surface area contributed by atoms with Crippen LogP contribution in [0.5, 0.6) is 5.88 Å². The fraction of sp³-hybridized carbons (Fsp3) is 0.250. The topological polar surface area (TPSA) is 62.6 Å². The molecule has 0 spiro atoms. The summed E-state index contributed by atoms with van der Waals surface area (Å²) in [6.07, 6.45) is 0. The summed E-state index contributed by atoms with van der Waals surface area (Å²) in [7, 11) is -0.125. The van der Waals surface area contributed by atoms with Gasteiger partial charge >= 0.3 is 7.12 Å². The lowest BCUT2D eigenvalue weighted by Gasteiger charge is -2.07. The first kappa shape index (κ1) is 13.5. The molecule has 0 saturated carbocycles. The highest BCUT2D eigenvalue weighted by Gasteiger charge is 2.18. The largest absolute Gasteiger partial charge is 0.494 e. The molecule has 2 aromatic rings. The number of fused-ring (bicyclic) bond motifs is 1. The summed E-state index contributed by atoms with van der Waals surface area (Å²) in [5.41, 5.74) is 1.04. The number of pyridine rings is 1.